The van der Waals surface area contributed by atoms with E-state index >= 15 is 0 Å². The predicted molar refractivity (Wildman–Crippen MR) is 69.8 cm³/mol. The van der Waals surface area contributed by atoms with E-state index in [0.29, 0.717) is 23.5 Å². The van der Waals surface area contributed by atoms with E-state index in [0.717, 1.165) is 4.68 Å². The molecule has 0 aromatic carbocycles. The number of aryl methyl sites for hydroxylation is 1. The van der Waals surface area contributed by atoms with Crippen LogP contribution >= 0.6 is 0 Å². The summed E-state index contributed by atoms with van der Waals surface area (Å²) >= 11 is 0. The highest BCUT2D eigenvalue weighted by Gasteiger charge is 2.12. The van der Waals surface area contributed by atoms with Gasteiger partial charge in [-0.05, 0) is 6.07 Å². The lowest BCUT2D eigenvalue weighted by molar-refractivity contribution is -0.115. The molecule has 102 valence electrons. The van der Waals surface area contributed by atoms with Crippen LogP contribution in [0.15, 0.2) is 17.1 Å². The van der Waals surface area contributed by atoms with Crippen LogP contribution in [0.1, 0.15) is 19.7 Å². The van der Waals surface area contributed by atoms with Crippen LogP contribution in [-0.4, -0.2) is 35.4 Å². The van der Waals surface area contributed by atoms with Crippen LogP contribution in [0.5, 0.6) is 0 Å². The number of amides is 1. The summed E-state index contributed by atoms with van der Waals surface area (Å²) in [6, 6.07) is 1.63. The van der Waals surface area contributed by atoms with E-state index in [1.807, 2.05) is 6.92 Å². The van der Waals surface area contributed by atoms with Gasteiger partial charge in [0.05, 0.1) is 0 Å². The van der Waals surface area contributed by atoms with Crippen molar-refractivity contribution < 1.29 is 4.79 Å². The molecule has 0 fully saturated rings. The molecule has 3 aromatic heterocycles. The highest BCUT2D eigenvalue weighted by Crippen LogP contribution is 2.07. The zero-order valence-corrected chi connectivity index (χ0v) is 10.9. The van der Waals surface area contributed by atoms with E-state index in [-0.39, 0.29) is 11.4 Å². The molecule has 0 spiro atoms. The maximum Gasteiger partial charge on any atom is 0.299 e. The van der Waals surface area contributed by atoms with Crippen molar-refractivity contribution in [2.24, 2.45) is 0 Å². The SMILES string of the molecule is CCc1nc2nnc3c(=O)n(NC(C)=O)ccc3n2n1. The highest BCUT2D eigenvalue weighted by molar-refractivity contribution is 5.81. The molecule has 9 heteroatoms. The van der Waals surface area contributed by atoms with Gasteiger partial charge in [-0.25, -0.2) is 4.68 Å². The Balaban J connectivity index is 2.31. The molecule has 0 aliphatic heterocycles. The Morgan fingerprint density at radius 1 is 1.40 bits per heavy atom. The summed E-state index contributed by atoms with van der Waals surface area (Å²) in [5, 5.41) is 12.0. The molecule has 20 heavy (non-hydrogen) atoms. The van der Waals surface area contributed by atoms with Crippen molar-refractivity contribution in [1.29, 1.82) is 0 Å². The number of hydrogen-bond acceptors (Lipinski definition) is 6. The van der Waals surface area contributed by atoms with Crippen LogP contribution in [0.25, 0.3) is 16.8 Å². The summed E-state index contributed by atoms with van der Waals surface area (Å²) in [5.41, 5.74) is 2.52. The van der Waals surface area contributed by atoms with E-state index in [9.17, 15) is 9.59 Å². The van der Waals surface area contributed by atoms with Crippen molar-refractivity contribution in [2.75, 3.05) is 5.43 Å². The van der Waals surface area contributed by atoms with Crippen molar-refractivity contribution in [2.45, 2.75) is 20.3 Å². The lowest BCUT2D eigenvalue weighted by Gasteiger charge is -2.06. The lowest BCUT2D eigenvalue weighted by Crippen LogP contribution is -2.32. The van der Waals surface area contributed by atoms with Gasteiger partial charge >= 0.3 is 0 Å². The van der Waals surface area contributed by atoms with Crippen LogP contribution < -0.4 is 11.0 Å². The fourth-order valence-corrected chi connectivity index (χ4v) is 1.85. The highest BCUT2D eigenvalue weighted by atomic mass is 16.2. The second-order valence-electron chi connectivity index (χ2n) is 4.19. The van der Waals surface area contributed by atoms with Gasteiger partial charge in [-0.1, -0.05) is 6.92 Å². The number of carbonyl (C=O) groups is 1. The number of hydrogen-bond donors (Lipinski definition) is 1. The number of carbonyl (C=O) groups excluding carboxylic acids is 1. The monoisotopic (exact) mass is 273 g/mol. The van der Waals surface area contributed by atoms with Gasteiger partial charge in [-0.3, -0.25) is 15.0 Å². The first kappa shape index (κ1) is 12.2. The van der Waals surface area contributed by atoms with Crippen LogP contribution in [0, 0.1) is 0 Å². The molecular weight excluding hydrogens is 262 g/mol. The molecule has 3 rings (SSSR count). The molecular formula is C11H11N7O2. The van der Waals surface area contributed by atoms with Crippen molar-refractivity contribution in [3.8, 4) is 0 Å². The topological polar surface area (TPSA) is 107 Å². The minimum Gasteiger partial charge on any atom is -0.274 e. The molecule has 1 N–H and O–H groups in total. The van der Waals surface area contributed by atoms with Gasteiger partial charge in [0, 0.05) is 19.5 Å². The first-order chi connectivity index (χ1) is 9.60. The molecule has 3 aromatic rings. The summed E-state index contributed by atoms with van der Waals surface area (Å²) in [5.74, 6) is 0.610. The molecule has 0 radical (unpaired) electrons. The van der Waals surface area contributed by atoms with Crippen LogP contribution in [-0.2, 0) is 11.2 Å². The third-order valence-corrected chi connectivity index (χ3v) is 2.74. The first-order valence-electron chi connectivity index (χ1n) is 6.01. The van der Waals surface area contributed by atoms with Crippen LogP contribution in [0.3, 0.4) is 0 Å². The Kier molecular flexibility index (Phi) is 2.67. The van der Waals surface area contributed by atoms with Gasteiger partial charge in [0.2, 0.25) is 5.91 Å². The van der Waals surface area contributed by atoms with Crippen molar-refractivity contribution in [3.05, 3.63) is 28.4 Å². The number of fused-ring (bicyclic) bond motifs is 3. The molecule has 3 heterocycles. The van der Waals surface area contributed by atoms with Crippen LogP contribution in [0.2, 0.25) is 0 Å². The van der Waals surface area contributed by atoms with Crippen LogP contribution in [0.4, 0.5) is 0 Å². The zero-order valence-electron chi connectivity index (χ0n) is 10.9. The summed E-state index contributed by atoms with van der Waals surface area (Å²) in [7, 11) is 0. The third-order valence-electron chi connectivity index (χ3n) is 2.74. The maximum atomic E-state index is 12.2. The largest absolute Gasteiger partial charge is 0.299 e. The van der Waals surface area contributed by atoms with E-state index in [2.05, 4.69) is 25.7 Å². The fourth-order valence-electron chi connectivity index (χ4n) is 1.85. The Labute approximate surface area is 112 Å². The number of nitrogens with one attached hydrogen (secondary N) is 1. The summed E-state index contributed by atoms with van der Waals surface area (Å²) in [6.07, 6.45) is 2.11. The van der Waals surface area contributed by atoms with Gasteiger partial charge in [0.1, 0.15) is 5.52 Å². The number of pyridine rings is 1. The average Bonchev–Trinajstić information content (AvgIpc) is 2.84. The van der Waals surface area contributed by atoms with Gasteiger partial charge in [0.15, 0.2) is 11.3 Å². The van der Waals surface area contributed by atoms with E-state index < -0.39 is 5.56 Å². The standard InChI is InChI=1S/C11H11N7O2/c1-3-8-12-11-14-13-9-7(18(11)16-8)4-5-17(10(9)20)15-6(2)19/h4-5H,3H2,1-2H3,(H,15,19). The Bertz CT molecular complexity index is 879. The second-order valence-corrected chi connectivity index (χ2v) is 4.19. The number of rotatable bonds is 2. The molecule has 0 aliphatic carbocycles. The van der Waals surface area contributed by atoms with Gasteiger partial charge in [-0.15, -0.1) is 15.3 Å². The molecule has 0 saturated heterocycles. The number of nitrogens with zero attached hydrogens (tertiary/aromatic N) is 6. The quantitative estimate of drug-likeness (QED) is 0.673. The van der Waals surface area contributed by atoms with E-state index in [1.165, 1.54) is 17.6 Å². The third kappa shape index (κ3) is 1.79. The molecule has 0 unspecified atom stereocenters. The average molecular weight is 273 g/mol. The second kappa shape index (κ2) is 4.37. The summed E-state index contributed by atoms with van der Waals surface area (Å²) in [4.78, 5) is 27.4. The van der Waals surface area contributed by atoms with E-state index in [4.69, 9.17) is 0 Å². The van der Waals surface area contributed by atoms with Gasteiger partial charge < -0.3 is 0 Å². The Morgan fingerprint density at radius 3 is 2.90 bits per heavy atom. The fraction of sp³-hybridized carbons (Fsp3) is 0.273. The summed E-state index contributed by atoms with van der Waals surface area (Å²) in [6.45, 7) is 3.24. The Morgan fingerprint density at radius 2 is 2.20 bits per heavy atom. The minimum absolute atomic E-state index is 0.112. The Hall–Kier alpha value is -2.84. The predicted octanol–water partition coefficient (Wildman–Crippen LogP) is -0.513. The minimum atomic E-state index is -0.472. The van der Waals surface area contributed by atoms with Gasteiger partial charge in [-0.2, -0.15) is 9.50 Å². The molecule has 0 bridgehead atoms. The van der Waals surface area contributed by atoms with Gasteiger partial charge in [0.25, 0.3) is 11.3 Å². The normalized spacial score (nSPS) is 11.1. The first-order valence-corrected chi connectivity index (χ1v) is 6.01. The maximum absolute atomic E-state index is 12.2. The number of aromatic nitrogens is 6. The van der Waals surface area contributed by atoms with Crippen molar-refractivity contribution in [1.82, 2.24) is 29.5 Å². The van der Waals surface area contributed by atoms with E-state index in [1.54, 1.807) is 6.07 Å². The smallest absolute Gasteiger partial charge is 0.274 e. The molecule has 9 nitrogen and oxygen atoms in total. The molecule has 1 amide bonds. The zero-order chi connectivity index (χ0) is 14.3. The van der Waals surface area contributed by atoms with Crippen molar-refractivity contribution >= 4 is 22.7 Å². The molecule has 0 aliphatic rings. The van der Waals surface area contributed by atoms with Crippen molar-refractivity contribution in [3.63, 3.8) is 0 Å². The molecule has 0 atom stereocenters. The lowest BCUT2D eigenvalue weighted by atomic mass is 10.4. The molecule has 0 saturated carbocycles. The summed E-state index contributed by atoms with van der Waals surface area (Å²) < 4.78 is 2.53.